The fourth-order valence-electron chi connectivity index (χ4n) is 5.81. The fraction of sp³-hybridized carbons (Fsp3) is 0.929. The maximum Gasteiger partial charge on any atom is 0.388 e. The van der Waals surface area contributed by atoms with Crippen molar-refractivity contribution in [3.63, 3.8) is 0 Å². The van der Waals surface area contributed by atoms with Gasteiger partial charge in [-0.1, -0.05) is 111 Å². The molecule has 6 heteroatoms. The van der Waals surface area contributed by atoms with Crippen molar-refractivity contribution >= 4 is 15.3 Å². The Morgan fingerprint density at radius 1 is 0.971 bits per heavy atom. The highest BCUT2D eigenvalue weighted by molar-refractivity contribution is 6.87. The molecule has 2 aliphatic heterocycles. The molecule has 0 amide bonds. The van der Waals surface area contributed by atoms with Gasteiger partial charge in [0.05, 0.1) is 13.2 Å². The van der Waals surface area contributed by atoms with Crippen molar-refractivity contribution in [3.05, 3.63) is 12.2 Å². The Bertz CT molecular complexity index is 632. The van der Waals surface area contributed by atoms with E-state index in [4.69, 9.17) is 14.1 Å². The molecule has 0 N–H and O–H groups in total. The molecule has 0 aromatic carbocycles. The summed E-state index contributed by atoms with van der Waals surface area (Å²) < 4.78 is 21.3. The predicted molar refractivity (Wildman–Crippen MR) is 148 cm³/mol. The zero-order valence-corrected chi connectivity index (χ0v) is 24.4. The third kappa shape index (κ3) is 6.59. The molecule has 4 nitrogen and oxygen atoms in total. The SMILES string of the molecule is CCCCCCCCCCCCOB1N([Si](C)(C)C(C)(C)C)[C@@H]2C=C[C@]12CCC1OCCCO1. The van der Waals surface area contributed by atoms with Crippen molar-refractivity contribution in [2.45, 2.75) is 147 Å². The zero-order valence-electron chi connectivity index (χ0n) is 23.4. The molecule has 1 aliphatic carbocycles. The van der Waals surface area contributed by atoms with Crippen LogP contribution in [-0.2, 0) is 14.1 Å². The first-order valence-electron chi connectivity index (χ1n) is 14.6. The van der Waals surface area contributed by atoms with E-state index in [2.05, 4.69) is 57.4 Å². The highest BCUT2D eigenvalue weighted by Crippen LogP contribution is 2.63. The predicted octanol–water partition coefficient (Wildman–Crippen LogP) is 7.95. The zero-order chi connectivity index (χ0) is 24.7. The maximum absolute atomic E-state index is 6.75. The first kappa shape index (κ1) is 28.4. The summed E-state index contributed by atoms with van der Waals surface area (Å²) in [5.41, 5.74) is 0. The van der Waals surface area contributed by atoms with Crippen LogP contribution in [0.3, 0.4) is 0 Å². The first-order valence-corrected chi connectivity index (χ1v) is 17.5. The molecule has 0 radical (unpaired) electrons. The molecule has 196 valence electrons. The monoisotopic (exact) mass is 491 g/mol. The van der Waals surface area contributed by atoms with Gasteiger partial charge >= 0.3 is 7.05 Å². The number of hydrogen-bond acceptors (Lipinski definition) is 4. The van der Waals surface area contributed by atoms with Crippen LogP contribution >= 0.6 is 0 Å². The van der Waals surface area contributed by atoms with Crippen LogP contribution in [0.1, 0.15) is 111 Å². The molecule has 2 saturated heterocycles. The van der Waals surface area contributed by atoms with E-state index < -0.39 is 8.24 Å². The molecule has 0 spiro atoms. The summed E-state index contributed by atoms with van der Waals surface area (Å²) >= 11 is 0. The van der Waals surface area contributed by atoms with Gasteiger partial charge < -0.3 is 18.6 Å². The number of fused-ring (bicyclic) bond motifs is 1. The van der Waals surface area contributed by atoms with E-state index in [-0.39, 0.29) is 18.7 Å². The van der Waals surface area contributed by atoms with Gasteiger partial charge in [0.25, 0.3) is 0 Å². The number of unbranched alkanes of at least 4 members (excludes halogenated alkanes) is 9. The molecule has 0 aromatic rings. The summed E-state index contributed by atoms with van der Waals surface area (Å²) in [5.74, 6) is 0. The number of hydrogen-bond donors (Lipinski definition) is 0. The molecule has 0 unspecified atom stereocenters. The second kappa shape index (κ2) is 12.9. The summed E-state index contributed by atoms with van der Waals surface area (Å²) in [7, 11) is -1.43. The Balaban J connectivity index is 1.46. The largest absolute Gasteiger partial charge is 0.421 e. The number of nitrogens with zero attached hydrogens (tertiary/aromatic N) is 1. The summed E-state index contributed by atoms with van der Waals surface area (Å²) in [6, 6.07) is 0.537. The van der Waals surface area contributed by atoms with Gasteiger partial charge in [0, 0.05) is 18.0 Å². The molecular weight excluding hydrogens is 437 g/mol. The minimum atomic E-state index is -1.66. The Morgan fingerprint density at radius 2 is 1.56 bits per heavy atom. The lowest BCUT2D eigenvalue weighted by Crippen LogP contribution is -2.81. The second-order valence-electron chi connectivity index (χ2n) is 12.6. The molecule has 34 heavy (non-hydrogen) atoms. The molecule has 3 aliphatic rings. The standard InChI is InChI=1S/C28H54BNO3Si/c1-7-8-9-10-11-12-13-14-15-16-24-33-29-28(21-19-26-31-22-17-23-32-26)20-18-25(28)30(29)34(5,6)27(2,3)4/h18,20,25-26H,7-17,19,21-24H2,1-6H3/t25-,28-/m1/s1. The van der Waals surface area contributed by atoms with Crippen LogP contribution in [0.5, 0.6) is 0 Å². The highest BCUT2D eigenvalue weighted by Gasteiger charge is 2.70. The summed E-state index contributed by atoms with van der Waals surface area (Å²) in [6.07, 6.45) is 21.6. The molecule has 2 fully saturated rings. The van der Waals surface area contributed by atoms with Crippen molar-refractivity contribution in [3.8, 4) is 0 Å². The van der Waals surface area contributed by atoms with Crippen LogP contribution in [0, 0.1) is 0 Å². The van der Waals surface area contributed by atoms with E-state index in [0.717, 1.165) is 39.1 Å². The molecule has 3 rings (SSSR count). The van der Waals surface area contributed by atoms with E-state index >= 15 is 0 Å². The van der Waals surface area contributed by atoms with Gasteiger partial charge in [-0.3, -0.25) is 0 Å². The first-order chi connectivity index (χ1) is 16.2. The molecule has 2 atom stereocenters. The second-order valence-corrected chi connectivity index (χ2v) is 17.7. The lowest BCUT2D eigenvalue weighted by molar-refractivity contribution is -0.183. The van der Waals surface area contributed by atoms with Crippen LogP contribution in [0.25, 0.3) is 0 Å². The van der Waals surface area contributed by atoms with Gasteiger partial charge in [-0.25, -0.2) is 0 Å². The molecule has 0 bridgehead atoms. The fourth-order valence-corrected chi connectivity index (χ4v) is 8.50. The van der Waals surface area contributed by atoms with E-state index in [1.54, 1.807) is 0 Å². The summed E-state index contributed by atoms with van der Waals surface area (Å²) in [6.45, 7) is 17.2. The van der Waals surface area contributed by atoms with Crippen LogP contribution in [-0.4, -0.2) is 51.9 Å². The summed E-state index contributed by atoms with van der Waals surface area (Å²) in [4.78, 5) is 0. The van der Waals surface area contributed by atoms with Crippen LogP contribution < -0.4 is 0 Å². The van der Waals surface area contributed by atoms with Crippen LogP contribution in [0.2, 0.25) is 23.4 Å². The Morgan fingerprint density at radius 3 is 2.09 bits per heavy atom. The Hall–Kier alpha value is -0.138. The van der Waals surface area contributed by atoms with Gasteiger partial charge in [-0.15, -0.1) is 0 Å². The number of ether oxygens (including phenoxy) is 2. The summed E-state index contributed by atoms with van der Waals surface area (Å²) in [5, 5.41) is 0.481. The molecule has 0 aromatic heterocycles. The van der Waals surface area contributed by atoms with Crippen molar-refractivity contribution in [1.29, 1.82) is 0 Å². The van der Waals surface area contributed by atoms with Crippen molar-refractivity contribution in [1.82, 2.24) is 4.48 Å². The van der Waals surface area contributed by atoms with Crippen molar-refractivity contribution < 1.29 is 14.1 Å². The topological polar surface area (TPSA) is 30.9 Å². The van der Waals surface area contributed by atoms with Gasteiger partial charge in [-0.2, -0.15) is 0 Å². The average Bonchev–Trinajstić information content (AvgIpc) is 2.79. The van der Waals surface area contributed by atoms with Crippen molar-refractivity contribution in [2.75, 3.05) is 19.8 Å². The third-order valence-electron chi connectivity index (χ3n) is 9.12. The Kier molecular flexibility index (Phi) is 10.8. The maximum atomic E-state index is 6.75. The molecule has 0 saturated carbocycles. The van der Waals surface area contributed by atoms with Gasteiger partial charge in [0.1, 0.15) is 8.24 Å². The van der Waals surface area contributed by atoms with Crippen LogP contribution in [0.4, 0.5) is 0 Å². The van der Waals surface area contributed by atoms with Gasteiger partial charge in [-0.05, 0) is 30.7 Å². The smallest absolute Gasteiger partial charge is 0.388 e. The van der Waals surface area contributed by atoms with E-state index in [1.165, 1.54) is 64.2 Å². The van der Waals surface area contributed by atoms with E-state index in [1.807, 2.05) is 0 Å². The average molecular weight is 492 g/mol. The third-order valence-corrected chi connectivity index (χ3v) is 14.6. The molecular formula is C28H54BNO3Si. The van der Waals surface area contributed by atoms with E-state index in [0.29, 0.717) is 11.1 Å². The minimum absolute atomic E-state index is 0.0256. The lowest BCUT2D eigenvalue weighted by atomic mass is 9.36. The number of rotatable bonds is 16. The lowest BCUT2D eigenvalue weighted by Gasteiger charge is -2.70. The van der Waals surface area contributed by atoms with E-state index in [9.17, 15) is 0 Å². The minimum Gasteiger partial charge on any atom is -0.421 e. The van der Waals surface area contributed by atoms with Gasteiger partial charge in [0.15, 0.2) is 6.29 Å². The van der Waals surface area contributed by atoms with Crippen molar-refractivity contribution in [2.24, 2.45) is 0 Å². The van der Waals surface area contributed by atoms with Gasteiger partial charge in [0.2, 0.25) is 0 Å². The quantitative estimate of drug-likeness (QED) is 0.124. The van der Waals surface area contributed by atoms with Crippen LogP contribution in [0.15, 0.2) is 12.2 Å². The Labute approximate surface area is 212 Å². The molecule has 2 heterocycles. The normalized spacial score (nSPS) is 25.8. The highest BCUT2D eigenvalue weighted by atomic mass is 28.3.